The first-order chi connectivity index (χ1) is 6.02. The van der Waals surface area contributed by atoms with E-state index in [0.717, 1.165) is 6.42 Å². The lowest BCUT2D eigenvalue weighted by molar-refractivity contribution is -0.156. The van der Waals surface area contributed by atoms with Crippen LogP contribution in [-0.4, -0.2) is 22.2 Å². The molecule has 0 heterocycles. The Kier molecular flexibility index (Phi) is 2.90. The van der Waals surface area contributed by atoms with Gasteiger partial charge in [-0.1, -0.05) is 6.92 Å². The Hall–Kier alpha value is -1.06. The van der Waals surface area contributed by atoms with Crippen molar-refractivity contribution >= 4 is 11.9 Å². The second-order valence-corrected chi connectivity index (χ2v) is 3.81. The lowest BCUT2D eigenvalue weighted by Gasteiger charge is -2.29. The Labute approximate surface area is 76.6 Å². The molecule has 4 nitrogen and oxygen atoms in total. The molecule has 1 aliphatic carbocycles. The second-order valence-electron chi connectivity index (χ2n) is 3.81. The molecular weight excluding hydrogens is 172 g/mol. The van der Waals surface area contributed by atoms with Crippen molar-refractivity contribution in [2.45, 2.75) is 26.2 Å². The average molecular weight is 186 g/mol. The molecule has 1 rings (SSSR count). The largest absolute Gasteiger partial charge is 0.481 e. The molecule has 74 valence electrons. The predicted octanol–water partition coefficient (Wildman–Crippen LogP) is 1.21. The number of rotatable bonds is 2. The summed E-state index contributed by atoms with van der Waals surface area (Å²) in [5.74, 6) is -3.00. The summed E-state index contributed by atoms with van der Waals surface area (Å²) in [5, 5.41) is 17.6. The van der Waals surface area contributed by atoms with Gasteiger partial charge in [0.2, 0.25) is 0 Å². The van der Waals surface area contributed by atoms with Crippen molar-refractivity contribution in [2.75, 3.05) is 0 Å². The van der Waals surface area contributed by atoms with Crippen LogP contribution in [0.15, 0.2) is 0 Å². The van der Waals surface area contributed by atoms with Gasteiger partial charge in [-0.25, -0.2) is 0 Å². The zero-order valence-corrected chi connectivity index (χ0v) is 7.56. The maximum atomic E-state index is 10.8. The van der Waals surface area contributed by atoms with E-state index < -0.39 is 23.8 Å². The number of hydrogen-bond donors (Lipinski definition) is 2. The molecular formula is C9H14O4. The van der Waals surface area contributed by atoms with Gasteiger partial charge >= 0.3 is 11.9 Å². The van der Waals surface area contributed by atoms with Gasteiger partial charge in [-0.2, -0.15) is 0 Å². The van der Waals surface area contributed by atoms with Crippen molar-refractivity contribution in [1.82, 2.24) is 0 Å². The molecule has 0 aliphatic heterocycles. The summed E-state index contributed by atoms with van der Waals surface area (Å²) >= 11 is 0. The number of carboxylic acids is 2. The summed E-state index contributed by atoms with van der Waals surface area (Å²) in [7, 11) is 0. The van der Waals surface area contributed by atoms with E-state index in [2.05, 4.69) is 0 Å². The minimum Gasteiger partial charge on any atom is -0.481 e. The molecule has 0 radical (unpaired) electrons. The molecule has 0 aromatic heterocycles. The lowest BCUT2D eigenvalue weighted by atomic mass is 9.75. The zero-order valence-electron chi connectivity index (χ0n) is 7.56. The Morgan fingerprint density at radius 2 is 1.62 bits per heavy atom. The topological polar surface area (TPSA) is 74.6 Å². The molecule has 0 amide bonds. The van der Waals surface area contributed by atoms with E-state index in [0.29, 0.717) is 18.8 Å². The first kappa shape index (κ1) is 10.0. The highest BCUT2D eigenvalue weighted by Crippen LogP contribution is 2.33. The quantitative estimate of drug-likeness (QED) is 0.679. The molecule has 1 fully saturated rings. The molecule has 2 N–H and O–H groups in total. The van der Waals surface area contributed by atoms with Crippen LogP contribution in [0.4, 0.5) is 0 Å². The molecule has 0 aromatic rings. The third-order valence-corrected chi connectivity index (χ3v) is 2.75. The highest BCUT2D eigenvalue weighted by Gasteiger charge is 2.37. The summed E-state index contributed by atoms with van der Waals surface area (Å²) in [5.41, 5.74) is 0. The van der Waals surface area contributed by atoms with Crippen LogP contribution in [0.2, 0.25) is 0 Å². The highest BCUT2D eigenvalue weighted by atomic mass is 16.4. The van der Waals surface area contributed by atoms with Gasteiger partial charge in [0.25, 0.3) is 0 Å². The molecule has 4 heteroatoms. The third-order valence-electron chi connectivity index (χ3n) is 2.75. The zero-order chi connectivity index (χ0) is 10.0. The van der Waals surface area contributed by atoms with Crippen LogP contribution in [0.5, 0.6) is 0 Å². The summed E-state index contributed by atoms with van der Waals surface area (Å²) in [4.78, 5) is 21.5. The van der Waals surface area contributed by atoms with Crippen molar-refractivity contribution in [3.8, 4) is 0 Å². The van der Waals surface area contributed by atoms with Crippen LogP contribution in [0.25, 0.3) is 0 Å². The Bertz CT molecular complexity index is 224. The van der Waals surface area contributed by atoms with E-state index in [-0.39, 0.29) is 0 Å². The van der Waals surface area contributed by atoms with Gasteiger partial charge in [-0.05, 0) is 25.2 Å². The van der Waals surface area contributed by atoms with Crippen LogP contribution in [0.1, 0.15) is 26.2 Å². The van der Waals surface area contributed by atoms with Gasteiger partial charge in [-0.3, -0.25) is 9.59 Å². The minimum atomic E-state index is -0.973. The van der Waals surface area contributed by atoms with Crippen LogP contribution in [-0.2, 0) is 9.59 Å². The summed E-state index contributed by atoms with van der Waals surface area (Å²) < 4.78 is 0. The summed E-state index contributed by atoms with van der Waals surface area (Å²) in [6.07, 6.45) is 1.81. The van der Waals surface area contributed by atoms with E-state index in [9.17, 15) is 9.59 Å². The van der Waals surface area contributed by atoms with E-state index in [4.69, 9.17) is 10.2 Å². The van der Waals surface area contributed by atoms with E-state index in [1.54, 1.807) is 0 Å². The maximum Gasteiger partial charge on any atom is 0.307 e. The Morgan fingerprint density at radius 1 is 1.08 bits per heavy atom. The molecule has 13 heavy (non-hydrogen) atoms. The van der Waals surface area contributed by atoms with Gasteiger partial charge in [-0.15, -0.1) is 0 Å². The molecule has 3 atom stereocenters. The fourth-order valence-corrected chi connectivity index (χ4v) is 1.95. The number of aliphatic carboxylic acids is 2. The molecule has 0 aromatic carbocycles. The summed E-state index contributed by atoms with van der Waals surface area (Å²) in [6, 6.07) is 0. The third kappa shape index (κ3) is 2.20. The molecule has 0 bridgehead atoms. The second kappa shape index (κ2) is 3.77. The maximum absolute atomic E-state index is 10.8. The van der Waals surface area contributed by atoms with E-state index >= 15 is 0 Å². The predicted molar refractivity (Wildman–Crippen MR) is 45.3 cm³/mol. The monoisotopic (exact) mass is 186 g/mol. The van der Waals surface area contributed by atoms with Gasteiger partial charge in [0.05, 0.1) is 11.8 Å². The van der Waals surface area contributed by atoms with Crippen molar-refractivity contribution < 1.29 is 19.8 Å². The van der Waals surface area contributed by atoms with Crippen molar-refractivity contribution in [2.24, 2.45) is 17.8 Å². The van der Waals surface area contributed by atoms with Gasteiger partial charge in [0.1, 0.15) is 0 Å². The van der Waals surface area contributed by atoms with Crippen LogP contribution < -0.4 is 0 Å². The first-order valence-electron chi connectivity index (χ1n) is 4.48. The van der Waals surface area contributed by atoms with Crippen molar-refractivity contribution in [3.63, 3.8) is 0 Å². The van der Waals surface area contributed by atoms with Crippen LogP contribution in [0, 0.1) is 17.8 Å². The molecule has 1 aliphatic rings. The average Bonchev–Trinajstić information content (AvgIpc) is 2.03. The standard InChI is InChI=1S/C9H14O4/c1-5-2-3-6(8(10)11)7(4-5)9(12)13/h5-7H,2-4H2,1H3,(H,10,11)(H,12,13)/t5?,6-,7-/m0/s1. The minimum absolute atomic E-state index is 0.330. The van der Waals surface area contributed by atoms with Gasteiger partial charge < -0.3 is 10.2 Å². The first-order valence-corrected chi connectivity index (χ1v) is 4.48. The highest BCUT2D eigenvalue weighted by molar-refractivity contribution is 5.80. The molecule has 1 saturated carbocycles. The van der Waals surface area contributed by atoms with Crippen molar-refractivity contribution in [1.29, 1.82) is 0 Å². The molecule has 0 spiro atoms. The van der Waals surface area contributed by atoms with Gasteiger partial charge in [0.15, 0.2) is 0 Å². The van der Waals surface area contributed by atoms with E-state index in [1.165, 1.54) is 0 Å². The van der Waals surface area contributed by atoms with Gasteiger partial charge in [0, 0.05) is 0 Å². The normalized spacial score (nSPS) is 34.1. The number of hydrogen-bond acceptors (Lipinski definition) is 2. The number of carbonyl (C=O) groups is 2. The van der Waals surface area contributed by atoms with Crippen LogP contribution >= 0.6 is 0 Å². The Balaban J connectivity index is 2.72. The number of carboxylic acid groups (broad SMARTS) is 2. The Morgan fingerprint density at radius 3 is 2.08 bits per heavy atom. The summed E-state index contributed by atoms with van der Waals surface area (Å²) in [6.45, 7) is 1.97. The smallest absolute Gasteiger partial charge is 0.307 e. The molecule has 1 unspecified atom stereocenters. The fourth-order valence-electron chi connectivity index (χ4n) is 1.95. The van der Waals surface area contributed by atoms with Crippen molar-refractivity contribution in [3.05, 3.63) is 0 Å². The molecule has 0 saturated heterocycles. The van der Waals surface area contributed by atoms with Crippen LogP contribution in [0.3, 0.4) is 0 Å². The van der Waals surface area contributed by atoms with E-state index in [1.807, 2.05) is 6.92 Å². The lowest BCUT2D eigenvalue weighted by Crippen LogP contribution is -2.34. The fraction of sp³-hybridized carbons (Fsp3) is 0.778. The SMILES string of the molecule is CC1CC[C@H](C(=O)O)[C@@H](C(=O)O)C1.